The molecule has 0 saturated heterocycles. The van der Waals surface area contributed by atoms with E-state index in [1.54, 1.807) is 31.2 Å². The molecule has 11 heteroatoms. The molecule has 3 N–H and O–H groups in total. The van der Waals surface area contributed by atoms with Crippen molar-refractivity contribution >= 4 is 29.5 Å². The van der Waals surface area contributed by atoms with Crippen LogP contribution in [0.2, 0.25) is 0 Å². The Balaban J connectivity index is 1.74. The predicted octanol–water partition coefficient (Wildman–Crippen LogP) is 2.71. The number of carbonyl (C=O) groups excluding carboxylic acids is 5. The molecule has 232 valence electrons. The number of hydrogen-bond acceptors (Lipinski definition) is 8. The van der Waals surface area contributed by atoms with Crippen molar-refractivity contribution in [2.24, 2.45) is 5.92 Å². The monoisotopic (exact) mass is 595 g/mol. The predicted molar refractivity (Wildman–Crippen MR) is 158 cm³/mol. The minimum absolute atomic E-state index is 0.124. The molecule has 0 radical (unpaired) electrons. The molecular weight excluding hydrogens is 554 g/mol. The number of nitrogens with one attached hydrogen (secondary N) is 3. The second-order valence-electron chi connectivity index (χ2n) is 10.4. The van der Waals surface area contributed by atoms with Gasteiger partial charge in [0.05, 0.1) is 26.9 Å². The molecule has 2 aromatic rings. The lowest BCUT2D eigenvalue weighted by Gasteiger charge is -2.28. The second kappa shape index (κ2) is 17.6. The smallest absolute Gasteiger partial charge is 0.325 e. The lowest BCUT2D eigenvalue weighted by atomic mass is 9.84. The Hall–Kier alpha value is -4.25. The number of rotatable bonds is 16. The van der Waals surface area contributed by atoms with E-state index >= 15 is 0 Å². The Morgan fingerprint density at radius 3 is 2.23 bits per heavy atom. The molecule has 3 rings (SSSR count). The average molecular weight is 596 g/mol. The van der Waals surface area contributed by atoms with Gasteiger partial charge >= 0.3 is 5.97 Å². The molecule has 0 aromatic heterocycles. The molecule has 2 atom stereocenters. The molecule has 0 heterocycles. The first kappa shape index (κ1) is 33.3. The average Bonchev–Trinajstić information content (AvgIpc) is 3.03. The molecular formula is C32H41N3O8. The lowest BCUT2D eigenvalue weighted by molar-refractivity contribution is -0.146. The van der Waals surface area contributed by atoms with Crippen molar-refractivity contribution < 1.29 is 38.2 Å². The van der Waals surface area contributed by atoms with Gasteiger partial charge in [0.2, 0.25) is 11.7 Å². The Bertz CT molecular complexity index is 1210. The zero-order chi connectivity index (χ0) is 31.0. The van der Waals surface area contributed by atoms with Gasteiger partial charge in [0.25, 0.3) is 11.8 Å². The van der Waals surface area contributed by atoms with Crippen molar-refractivity contribution in [1.82, 2.24) is 16.0 Å². The van der Waals surface area contributed by atoms with Crippen molar-refractivity contribution in [3.8, 4) is 5.75 Å². The molecule has 3 amide bonds. The van der Waals surface area contributed by atoms with E-state index < -0.39 is 48.1 Å². The molecule has 0 aliphatic heterocycles. The Labute approximate surface area is 252 Å². The SMILES string of the molecule is CCOC(=O)CNC(=O)C(=O)[C@H](COCc1ccccc1)NC(=O)[C@@H](CC1CCCCC1)NC(=O)c1ccc(OC)cc1. The molecule has 2 aromatic carbocycles. The summed E-state index contributed by atoms with van der Waals surface area (Å²) in [6, 6.07) is 13.4. The standard InChI is InChI=1S/C32H41N3O8/c1-3-43-28(36)19-33-32(40)29(37)27(21-42-20-23-12-8-5-9-13-23)35-31(39)26(18-22-10-6-4-7-11-22)34-30(38)24-14-16-25(41-2)17-15-24/h5,8-9,12-17,22,26-27H,3-4,6-7,10-11,18-21H2,1-2H3,(H,33,40)(H,34,38)(H,35,39)/t26-,27+/m1/s1. The van der Waals surface area contributed by atoms with Crippen LogP contribution in [0.1, 0.15) is 61.4 Å². The molecule has 0 spiro atoms. The summed E-state index contributed by atoms with van der Waals surface area (Å²) in [6.07, 6.45) is 5.46. The van der Waals surface area contributed by atoms with Crippen LogP contribution < -0.4 is 20.7 Å². The molecule has 43 heavy (non-hydrogen) atoms. The quantitative estimate of drug-likeness (QED) is 0.198. The maximum atomic E-state index is 13.6. The summed E-state index contributed by atoms with van der Waals surface area (Å²) in [6.45, 7) is 1.10. The highest BCUT2D eigenvalue weighted by Gasteiger charge is 2.32. The van der Waals surface area contributed by atoms with Gasteiger partial charge in [0.15, 0.2) is 0 Å². The fraction of sp³-hybridized carbons (Fsp3) is 0.469. The van der Waals surface area contributed by atoms with E-state index in [1.807, 2.05) is 30.3 Å². The number of carbonyl (C=O) groups is 5. The maximum Gasteiger partial charge on any atom is 0.325 e. The number of amides is 3. The van der Waals surface area contributed by atoms with Crippen LogP contribution >= 0.6 is 0 Å². The van der Waals surface area contributed by atoms with E-state index in [2.05, 4.69) is 16.0 Å². The highest BCUT2D eigenvalue weighted by atomic mass is 16.5. The van der Waals surface area contributed by atoms with Crippen molar-refractivity contribution in [2.75, 3.05) is 26.9 Å². The highest BCUT2D eigenvalue weighted by molar-refractivity contribution is 6.38. The van der Waals surface area contributed by atoms with E-state index in [9.17, 15) is 24.0 Å². The van der Waals surface area contributed by atoms with Crippen molar-refractivity contribution in [1.29, 1.82) is 0 Å². The number of methoxy groups -OCH3 is 1. The van der Waals surface area contributed by atoms with Gasteiger partial charge < -0.3 is 30.2 Å². The summed E-state index contributed by atoms with van der Waals surface area (Å²) in [5, 5.41) is 7.70. The highest BCUT2D eigenvalue weighted by Crippen LogP contribution is 2.27. The Morgan fingerprint density at radius 1 is 0.884 bits per heavy atom. The number of hydrogen-bond donors (Lipinski definition) is 3. The van der Waals surface area contributed by atoms with Crippen LogP contribution in [-0.2, 0) is 35.3 Å². The zero-order valence-electron chi connectivity index (χ0n) is 24.8. The first-order valence-corrected chi connectivity index (χ1v) is 14.6. The fourth-order valence-electron chi connectivity index (χ4n) is 4.91. The third-order valence-corrected chi connectivity index (χ3v) is 7.22. The summed E-state index contributed by atoms with van der Waals surface area (Å²) in [4.78, 5) is 64.3. The molecule has 1 saturated carbocycles. The first-order chi connectivity index (χ1) is 20.8. The van der Waals surface area contributed by atoms with E-state index in [1.165, 1.54) is 7.11 Å². The third-order valence-electron chi connectivity index (χ3n) is 7.22. The van der Waals surface area contributed by atoms with E-state index in [-0.39, 0.29) is 25.7 Å². The van der Waals surface area contributed by atoms with Gasteiger partial charge in [-0.2, -0.15) is 0 Å². The van der Waals surface area contributed by atoms with Crippen LogP contribution in [0.5, 0.6) is 5.75 Å². The summed E-state index contributed by atoms with van der Waals surface area (Å²) in [7, 11) is 1.53. The van der Waals surface area contributed by atoms with E-state index in [0.29, 0.717) is 17.7 Å². The molecule has 1 fully saturated rings. The van der Waals surface area contributed by atoms with Gasteiger partial charge in [-0.1, -0.05) is 62.4 Å². The fourth-order valence-corrected chi connectivity index (χ4v) is 4.91. The number of ketones is 1. The topological polar surface area (TPSA) is 149 Å². The van der Waals surface area contributed by atoms with Crippen molar-refractivity contribution in [2.45, 2.75) is 64.1 Å². The normalized spacial score (nSPS) is 14.6. The third kappa shape index (κ3) is 11.2. The van der Waals surface area contributed by atoms with Crippen LogP contribution in [0, 0.1) is 5.92 Å². The number of benzene rings is 2. The van der Waals surface area contributed by atoms with Crippen LogP contribution in [0.4, 0.5) is 0 Å². The molecule has 0 unspecified atom stereocenters. The molecule has 1 aliphatic rings. The maximum absolute atomic E-state index is 13.6. The Kier molecular flexibility index (Phi) is 13.6. The summed E-state index contributed by atoms with van der Waals surface area (Å²) >= 11 is 0. The van der Waals surface area contributed by atoms with Crippen molar-refractivity contribution in [3.63, 3.8) is 0 Å². The van der Waals surface area contributed by atoms with Crippen molar-refractivity contribution in [3.05, 3.63) is 65.7 Å². The summed E-state index contributed by atoms with van der Waals surface area (Å²) < 4.78 is 15.7. The van der Waals surface area contributed by atoms with Gasteiger partial charge in [-0.15, -0.1) is 0 Å². The Morgan fingerprint density at radius 2 is 1.58 bits per heavy atom. The minimum Gasteiger partial charge on any atom is -0.497 e. The van der Waals surface area contributed by atoms with Gasteiger partial charge in [-0.05, 0) is 49.1 Å². The van der Waals surface area contributed by atoms with Crippen LogP contribution in [0.3, 0.4) is 0 Å². The van der Waals surface area contributed by atoms with Gasteiger partial charge in [0.1, 0.15) is 24.4 Å². The first-order valence-electron chi connectivity index (χ1n) is 14.6. The van der Waals surface area contributed by atoms with Crippen LogP contribution in [0.15, 0.2) is 54.6 Å². The van der Waals surface area contributed by atoms with Crippen LogP contribution in [-0.4, -0.2) is 68.4 Å². The molecule has 11 nitrogen and oxygen atoms in total. The van der Waals surface area contributed by atoms with E-state index in [0.717, 1.165) is 37.7 Å². The lowest BCUT2D eigenvalue weighted by Crippen LogP contribution is -2.56. The number of esters is 1. The number of Topliss-reactive ketones (excluding diaryl/α,β-unsaturated/α-hetero) is 1. The zero-order valence-corrected chi connectivity index (χ0v) is 24.8. The minimum atomic E-state index is -1.36. The van der Waals surface area contributed by atoms with Gasteiger partial charge in [0, 0.05) is 5.56 Å². The molecule has 0 bridgehead atoms. The summed E-state index contributed by atoms with van der Waals surface area (Å²) in [5.41, 5.74) is 1.19. The van der Waals surface area contributed by atoms with Crippen LogP contribution in [0.25, 0.3) is 0 Å². The van der Waals surface area contributed by atoms with E-state index in [4.69, 9.17) is 14.2 Å². The molecule has 1 aliphatic carbocycles. The summed E-state index contributed by atoms with van der Waals surface area (Å²) in [5.74, 6) is -2.99. The number of ether oxygens (including phenoxy) is 3. The van der Waals surface area contributed by atoms with Gasteiger partial charge in [-0.25, -0.2) is 0 Å². The largest absolute Gasteiger partial charge is 0.497 e. The second-order valence-corrected chi connectivity index (χ2v) is 10.4. The van der Waals surface area contributed by atoms with Gasteiger partial charge in [-0.3, -0.25) is 24.0 Å².